The number of hydrogen-bond acceptors (Lipinski definition) is 2. The Morgan fingerprint density at radius 1 is 1.43 bits per heavy atom. The van der Waals surface area contributed by atoms with Crippen LogP contribution in [0.2, 0.25) is 0 Å². The van der Waals surface area contributed by atoms with E-state index in [2.05, 4.69) is 21.0 Å². The maximum atomic E-state index is 5.47. The molecule has 0 amide bonds. The molecule has 2 N–H and O–H groups in total. The van der Waals surface area contributed by atoms with E-state index < -0.39 is 0 Å². The second kappa shape index (κ2) is 4.11. The van der Waals surface area contributed by atoms with Gasteiger partial charge in [-0.05, 0) is 47.4 Å². The monoisotopic (exact) mass is 253 g/mol. The normalized spacial score (nSPS) is 11.0. The quantitative estimate of drug-likeness (QED) is 0.910. The minimum Gasteiger partial charge on any atom is -0.330 e. The lowest BCUT2D eigenvalue weighted by Crippen LogP contribution is -2.01. The van der Waals surface area contributed by atoms with Gasteiger partial charge in [-0.1, -0.05) is 6.07 Å². The lowest BCUT2D eigenvalue weighted by Gasteiger charge is -1.93. The molecule has 3 nitrogen and oxygen atoms in total. The van der Waals surface area contributed by atoms with Gasteiger partial charge >= 0.3 is 0 Å². The number of rotatable bonds is 3. The SMILES string of the molecule is NCCCc1nn2ccccc2c1Br. The smallest absolute Gasteiger partial charge is 0.0806 e. The molecule has 0 saturated heterocycles. The molecule has 74 valence electrons. The Labute approximate surface area is 91.0 Å². The second-order valence-corrected chi connectivity index (χ2v) is 3.98. The van der Waals surface area contributed by atoms with Crippen molar-refractivity contribution in [3.63, 3.8) is 0 Å². The summed E-state index contributed by atoms with van der Waals surface area (Å²) in [5, 5.41) is 4.46. The number of fused-ring (bicyclic) bond motifs is 1. The van der Waals surface area contributed by atoms with Crippen molar-refractivity contribution in [3.8, 4) is 0 Å². The molecule has 0 aromatic carbocycles. The molecule has 0 fully saturated rings. The highest BCUT2D eigenvalue weighted by molar-refractivity contribution is 9.10. The third kappa shape index (κ3) is 1.67. The lowest BCUT2D eigenvalue weighted by molar-refractivity contribution is 0.788. The van der Waals surface area contributed by atoms with E-state index in [0.29, 0.717) is 6.54 Å². The van der Waals surface area contributed by atoms with E-state index >= 15 is 0 Å². The zero-order valence-electron chi connectivity index (χ0n) is 7.78. The van der Waals surface area contributed by atoms with Gasteiger partial charge in [0, 0.05) is 6.20 Å². The summed E-state index contributed by atoms with van der Waals surface area (Å²) in [4.78, 5) is 0. The number of hydrogen-bond donors (Lipinski definition) is 1. The largest absolute Gasteiger partial charge is 0.330 e. The molecule has 0 spiro atoms. The van der Waals surface area contributed by atoms with Crippen LogP contribution in [0.25, 0.3) is 5.52 Å². The minimum absolute atomic E-state index is 0.709. The summed E-state index contributed by atoms with van der Waals surface area (Å²) in [5.41, 5.74) is 7.67. The van der Waals surface area contributed by atoms with E-state index in [1.54, 1.807) is 0 Å². The standard InChI is InChI=1S/C10H12BrN3/c11-10-8(4-3-6-12)13-14-7-2-1-5-9(10)14/h1-2,5,7H,3-4,6,12H2. The third-order valence-corrected chi connectivity index (χ3v) is 3.03. The topological polar surface area (TPSA) is 43.3 Å². The van der Waals surface area contributed by atoms with Crippen molar-refractivity contribution in [2.45, 2.75) is 12.8 Å². The van der Waals surface area contributed by atoms with E-state index in [9.17, 15) is 0 Å². The fraction of sp³-hybridized carbons (Fsp3) is 0.300. The van der Waals surface area contributed by atoms with Crippen molar-refractivity contribution in [3.05, 3.63) is 34.6 Å². The molecule has 2 aromatic heterocycles. The zero-order chi connectivity index (χ0) is 9.97. The van der Waals surface area contributed by atoms with Crippen LogP contribution in [0.1, 0.15) is 12.1 Å². The average molecular weight is 254 g/mol. The Morgan fingerprint density at radius 2 is 2.29 bits per heavy atom. The van der Waals surface area contributed by atoms with Crippen molar-refractivity contribution in [2.24, 2.45) is 5.73 Å². The Bertz CT molecular complexity index is 436. The molecular formula is C10H12BrN3. The summed E-state index contributed by atoms with van der Waals surface area (Å²) in [6, 6.07) is 6.02. The number of aromatic nitrogens is 2. The van der Waals surface area contributed by atoms with Crippen LogP contribution in [-0.2, 0) is 6.42 Å². The Morgan fingerprint density at radius 3 is 3.00 bits per heavy atom. The van der Waals surface area contributed by atoms with Gasteiger partial charge in [0.05, 0.1) is 15.7 Å². The van der Waals surface area contributed by atoms with Crippen LogP contribution in [0.4, 0.5) is 0 Å². The van der Waals surface area contributed by atoms with Gasteiger partial charge in [0.25, 0.3) is 0 Å². The number of pyridine rings is 1. The van der Waals surface area contributed by atoms with Gasteiger partial charge in [0.1, 0.15) is 0 Å². The fourth-order valence-corrected chi connectivity index (χ4v) is 2.04. The van der Waals surface area contributed by atoms with Crippen LogP contribution in [0, 0.1) is 0 Å². The van der Waals surface area contributed by atoms with Gasteiger partial charge in [0.2, 0.25) is 0 Å². The molecular weight excluding hydrogens is 242 g/mol. The highest BCUT2D eigenvalue weighted by Gasteiger charge is 2.08. The Hall–Kier alpha value is -0.870. The summed E-state index contributed by atoms with van der Waals surface area (Å²) in [7, 11) is 0. The van der Waals surface area contributed by atoms with Crippen molar-refractivity contribution in [1.82, 2.24) is 9.61 Å². The molecule has 0 aliphatic rings. The average Bonchev–Trinajstić information content (AvgIpc) is 2.54. The van der Waals surface area contributed by atoms with Gasteiger partial charge in [0.15, 0.2) is 0 Å². The fourth-order valence-electron chi connectivity index (χ4n) is 1.45. The number of nitrogens with zero attached hydrogens (tertiary/aromatic N) is 2. The first-order valence-electron chi connectivity index (χ1n) is 4.64. The van der Waals surface area contributed by atoms with Crippen LogP contribution in [-0.4, -0.2) is 16.2 Å². The third-order valence-electron chi connectivity index (χ3n) is 2.16. The van der Waals surface area contributed by atoms with E-state index in [-0.39, 0.29) is 0 Å². The van der Waals surface area contributed by atoms with Crippen molar-refractivity contribution >= 4 is 21.4 Å². The molecule has 0 atom stereocenters. The first-order valence-corrected chi connectivity index (χ1v) is 5.44. The van der Waals surface area contributed by atoms with Crippen molar-refractivity contribution in [1.29, 1.82) is 0 Å². The van der Waals surface area contributed by atoms with Crippen molar-refractivity contribution in [2.75, 3.05) is 6.54 Å². The maximum Gasteiger partial charge on any atom is 0.0806 e. The summed E-state index contributed by atoms with van der Waals surface area (Å²) in [6.45, 7) is 0.709. The first kappa shape index (κ1) is 9.68. The highest BCUT2D eigenvalue weighted by Crippen LogP contribution is 2.22. The molecule has 2 aromatic rings. The van der Waals surface area contributed by atoms with Gasteiger partial charge < -0.3 is 5.73 Å². The van der Waals surface area contributed by atoms with Crippen LogP contribution < -0.4 is 5.73 Å². The van der Waals surface area contributed by atoms with Crippen LogP contribution in [0.15, 0.2) is 28.9 Å². The second-order valence-electron chi connectivity index (χ2n) is 3.18. The van der Waals surface area contributed by atoms with Crippen LogP contribution >= 0.6 is 15.9 Å². The van der Waals surface area contributed by atoms with Gasteiger partial charge in [-0.15, -0.1) is 0 Å². The Kier molecular flexibility index (Phi) is 2.84. The van der Waals surface area contributed by atoms with Gasteiger partial charge in [-0.25, -0.2) is 4.52 Å². The van der Waals surface area contributed by atoms with E-state index in [1.165, 1.54) is 0 Å². The summed E-state index contributed by atoms with van der Waals surface area (Å²) in [5.74, 6) is 0. The molecule has 0 bridgehead atoms. The van der Waals surface area contributed by atoms with E-state index in [0.717, 1.165) is 28.5 Å². The zero-order valence-corrected chi connectivity index (χ0v) is 9.37. The highest BCUT2D eigenvalue weighted by atomic mass is 79.9. The van der Waals surface area contributed by atoms with Crippen molar-refractivity contribution < 1.29 is 0 Å². The predicted octanol–water partition coefficient (Wildman–Crippen LogP) is 1.99. The van der Waals surface area contributed by atoms with Gasteiger partial charge in [-0.3, -0.25) is 0 Å². The molecule has 0 aliphatic carbocycles. The number of halogens is 1. The molecule has 2 rings (SSSR count). The molecule has 14 heavy (non-hydrogen) atoms. The van der Waals surface area contributed by atoms with Crippen LogP contribution in [0.3, 0.4) is 0 Å². The van der Waals surface area contributed by atoms with E-state index in [1.807, 2.05) is 28.9 Å². The molecule has 0 unspecified atom stereocenters. The minimum atomic E-state index is 0.709. The lowest BCUT2D eigenvalue weighted by atomic mass is 10.2. The number of aryl methyl sites for hydroxylation is 1. The number of nitrogens with two attached hydrogens (primary N) is 1. The Balaban J connectivity index is 2.41. The molecule has 0 saturated carbocycles. The van der Waals surface area contributed by atoms with Crippen LogP contribution in [0.5, 0.6) is 0 Å². The molecule has 0 aliphatic heterocycles. The predicted molar refractivity (Wildman–Crippen MR) is 60.3 cm³/mol. The molecule has 4 heteroatoms. The van der Waals surface area contributed by atoms with E-state index in [4.69, 9.17) is 5.73 Å². The molecule has 2 heterocycles. The summed E-state index contributed by atoms with van der Waals surface area (Å²) < 4.78 is 2.97. The maximum absolute atomic E-state index is 5.47. The first-order chi connectivity index (χ1) is 6.83. The summed E-state index contributed by atoms with van der Waals surface area (Å²) in [6.07, 6.45) is 3.85. The molecule has 0 radical (unpaired) electrons. The summed E-state index contributed by atoms with van der Waals surface area (Å²) >= 11 is 3.56. The van der Waals surface area contributed by atoms with Gasteiger partial charge in [-0.2, -0.15) is 5.10 Å².